The van der Waals surface area contributed by atoms with E-state index in [0.717, 1.165) is 0 Å². The molecule has 4 amide bonds. The monoisotopic (exact) mass is 826 g/mol. The molecule has 16 heteroatoms. The van der Waals surface area contributed by atoms with Gasteiger partial charge in [-0.1, -0.05) is 82.1 Å². The van der Waals surface area contributed by atoms with Crippen LogP contribution in [0.15, 0.2) is 20.7 Å². The molecule has 5 rings (SSSR count). The first-order valence-corrected chi connectivity index (χ1v) is 22.2. The van der Waals surface area contributed by atoms with E-state index < -0.39 is 59.3 Å². The molecular weight excluding hydrogens is 765 g/mol. The Morgan fingerprint density at radius 3 is 2.00 bits per heavy atom. The van der Waals surface area contributed by atoms with Gasteiger partial charge in [-0.05, 0) is 56.8 Å². The zero-order valence-corrected chi connectivity index (χ0v) is 37.3. The summed E-state index contributed by atoms with van der Waals surface area (Å²) in [5.74, 6) is -1.19. The molecule has 57 heavy (non-hydrogen) atoms. The highest BCUT2D eigenvalue weighted by Gasteiger charge is 2.50. The topological polar surface area (TPSA) is 185 Å². The van der Waals surface area contributed by atoms with Crippen LogP contribution in [0.1, 0.15) is 146 Å². The van der Waals surface area contributed by atoms with Crippen LogP contribution >= 0.6 is 22.7 Å². The van der Waals surface area contributed by atoms with Gasteiger partial charge in [-0.15, -0.1) is 22.7 Å². The highest BCUT2D eigenvalue weighted by molar-refractivity contribution is 7.10. The highest BCUT2D eigenvalue weighted by Crippen LogP contribution is 2.37. The van der Waals surface area contributed by atoms with Crippen LogP contribution in [-0.4, -0.2) is 81.3 Å². The van der Waals surface area contributed by atoms with Crippen molar-refractivity contribution in [3.63, 3.8) is 0 Å². The summed E-state index contributed by atoms with van der Waals surface area (Å²) in [6.07, 6.45) is 0.684. The number of aliphatic imine (C=N–C) groups is 2. The smallest absolute Gasteiger partial charge is 0.271 e. The third kappa shape index (κ3) is 8.91. The number of carbonyl (C=O) groups excluding carboxylic acids is 4. The second kappa shape index (κ2) is 17.5. The summed E-state index contributed by atoms with van der Waals surface area (Å²) >= 11 is 2.59. The first-order valence-electron chi connectivity index (χ1n) is 20.4. The molecule has 0 saturated heterocycles. The minimum atomic E-state index is -1.05. The van der Waals surface area contributed by atoms with Crippen LogP contribution in [0.2, 0.25) is 0 Å². The van der Waals surface area contributed by atoms with E-state index in [1.165, 1.54) is 22.7 Å². The Balaban J connectivity index is 1.64. The lowest BCUT2D eigenvalue weighted by Crippen LogP contribution is -2.60. The Morgan fingerprint density at radius 1 is 0.754 bits per heavy atom. The molecule has 2 aromatic heterocycles. The number of nitrogens with zero attached hydrogens (tertiary/aromatic N) is 4. The second-order valence-electron chi connectivity index (χ2n) is 17.3. The predicted molar refractivity (Wildman–Crippen MR) is 224 cm³/mol. The van der Waals surface area contributed by atoms with Crippen molar-refractivity contribution < 1.29 is 28.7 Å². The molecule has 4 unspecified atom stereocenters. The van der Waals surface area contributed by atoms with Gasteiger partial charge in [-0.25, -0.2) is 20.0 Å². The molecule has 2 aromatic rings. The summed E-state index contributed by atoms with van der Waals surface area (Å²) in [6.45, 7) is 25.7. The van der Waals surface area contributed by atoms with Gasteiger partial charge in [0.25, 0.3) is 11.8 Å². The molecule has 0 saturated carbocycles. The van der Waals surface area contributed by atoms with Gasteiger partial charge in [0, 0.05) is 10.8 Å². The highest BCUT2D eigenvalue weighted by atomic mass is 32.1. The van der Waals surface area contributed by atoms with Crippen molar-refractivity contribution in [2.45, 2.75) is 157 Å². The number of ether oxygens (including phenoxy) is 2. The van der Waals surface area contributed by atoms with Crippen molar-refractivity contribution >= 4 is 58.1 Å². The number of aromatic nitrogens is 2. The van der Waals surface area contributed by atoms with Crippen molar-refractivity contribution in [1.29, 1.82) is 0 Å². The largest absolute Gasteiger partial charge is 0.474 e. The standard InChI is InChI=1S/C41H62N8O6S2/c1-14-22(9)29-36-46-31(24(11)54-36)35(53)48-40(13,21(7)8)39-43-27(18-57-39)33(51)49-41(16-19(3)4,23(10)15-2)38-47-30(25(12)55-38)34(52)44-28(20(5)6)37-42-26(17-56-37)32(50)45-29/h17-25,28-31H,14-16H2,1-13H3,(H,44,52)(H,45,50)(H,48,53)(H,49,51)/t22?,23?,24-,25-,28-,29+,30?,31?,40-,41+/m1/s1. The van der Waals surface area contributed by atoms with Crippen LogP contribution in [0.5, 0.6) is 0 Å². The van der Waals surface area contributed by atoms with Crippen molar-refractivity contribution in [2.24, 2.45) is 39.6 Å². The minimum Gasteiger partial charge on any atom is -0.474 e. The zero-order chi connectivity index (χ0) is 42.1. The number of carbonyl (C=O) groups is 4. The Bertz CT molecular complexity index is 1870. The summed E-state index contributed by atoms with van der Waals surface area (Å²) in [7, 11) is 0. The van der Waals surface area contributed by atoms with Crippen molar-refractivity contribution in [1.82, 2.24) is 31.2 Å². The average molecular weight is 827 g/mol. The summed E-state index contributed by atoms with van der Waals surface area (Å²) in [6, 6.07) is -2.91. The van der Waals surface area contributed by atoms with Gasteiger partial charge in [0.15, 0.2) is 12.1 Å². The van der Waals surface area contributed by atoms with Crippen LogP contribution in [0, 0.1) is 29.6 Å². The van der Waals surface area contributed by atoms with Gasteiger partial charge in [0.1, 0.15) is 45.2 Å². The number of hydrogen-bond donors (Lipinski definition) is 4. The van der Waals surface area contributed by atoms with E-state index >= 15 is 0 Å². The number of amides is 4. The van der Waals surface area contributed by atoms with E-state index in [1.54, 1.807) is 17.7 Å². The first-order chi connectivity index (χ1) is 26.8. The number of hydrogen-bond acceptors (Lipinski definition) is 12. The SMILES string of the molecule is CCC(C)[C@@H]1NC(=O)c2csc(n2)[C@@H](C(C)C)NC(=O)C2N=C(O[C@@H]2C)[C@](CC(C)C)(C(C)CC)NC(=O)c2csc(n2)[C@@](C)(C(C)C)NC(=O)C2N=C1O[C@@H]2C. The lowest BCUT2D eigenvalue weighted by atomic mass is 9.76. The van der Waals surface area contributed by atoms with Gasteiger partial charge in [0.2, 0.25) is 23.6 Å². The Hall–Kier alpha value is -3.92. The number of fused-ring (bicyclic) bond motifs is 6. The molecule has 0 aromatic carbocycles. The summed E-state index contributed by atoms with van der Waals surface area (Å²) in [5.41, 5.74) is -1.61. The second-order valence-corrected chi connectivity index (χ2v) is 19.0. The van der Waals surface area contributed by atoms with Gasteiger partial charge in [-0.3, -0.25) is 19.2 Å². The van der Waals surface area contributed by atoms with E-state index in [0.29, 0.717) is 35.2 Å². The molecule has 3 aliphatic heterocycles. The molecule has 314 valence electrons. The van der Waals surface area contributed by atoms with Crippen molar-refractivity contribution in [3.05, 3.63) is 32.2 Å². The van der Waals surface area contributed by atoms with E-state index in [-0.39, 0.29) is 58.7 Å². The lowest BCUT2D eigenvalue weighted by molar-refractivity contribution is -0.126. The quantitative estimate of drug-likeness (QED) is 0.243. The number of rotatable bonds is 8. The molecule has 3 aliphatic rings. The number of thiazole rings is 2. The Morgan fingerprint density at radius 2 is 1.39 bits per heavy atom. The Kier molecular flexibility index (Phi) is 13.6. The average Bonchev–Trinajstić information content (AvgIpc) is 3.97. The molecule has 10 atom stereocenters. The summed E-state index contributed by atoms with van der Waals surface area (Å²) < 4.78 is 12.7. The Labute approximate surface area is 345 Å². The van der Waals surface area contributed by atoms with Gasteiger partial charge >= 0.3 is 0 Å². The molecule has 0 radical (unpaired) electrons. The first kappa shape index (κ1) is 44.2. The summed E-state index contributed by atoms with van der Waals surface area (Å²) in [5, 5.41) is 17.3. The van der Waals surface area contributed by atoms with Crippen LogP contribution in [0.25, 0.3) is 0 Å². The molecule has 8 bridgehead atoms. The number of nitrogens with one attached hydrogen (secondary N) is 4. The third-order valence-electron chi connectivity index (χ3n) is 11.9. The van der Waals surface area contributed by atoms with E-state index in [4.69, 9.17) is 29.4 Å². The minimum absolute atomic E-state index is 0.0747. The predicted octanol–water partition coefficient (Wildman–Crippen LogP) is 6.19. The normalized spacial score (nSPS) is 31.0. The maximum Gasteiger partial charge on any atom is 0.271 e. The van der Waals surface area contributed by atoms with E-state index in [1.807, 2.05) is 55.4 Å². The lowest BCUT2D eigenvalue weighted by Gasteiger charge is -2.40. The van der Waals surface area contributed by atoms with Gasteiger partial charge in [0.05, 0.1) is 11.6 Å². The molecule has 0 fully saturated rings. The third-order valence-corrected chi connectivity index (χ3v) is 13.9. The molecule has 5 heterocycles. The molecule has 0 aliphatic carbocycles. The summed E-state index contributed by atoms with van der Waals surface area (Å²) in [4.78, 5) is 75.8. The molecule has 4 N–H and O–H groups in total. The van der Waals surface area contributed by atoms with E-state index in [9.17, 15) is 19.2 Å². The van der Waals surface area contributed by atoms with Gasteiger partial charge < -0.3 is 30.7 Å². The maximum atomic E-state index is 14.4. The maximum absolute atomic E-state index is 14.4. The fraction of sp³-hybridized carbons (Fsp3) is 0.707. The van der Waals surface area contributed by atoms with Gasteiger partial charge in [-0.2, -0.15) is 0 Å². The molecular formula is C41H62N8O6S2. The van der Waals surface area contributed by atoms with Crippen molar-refractivity contribution in [3.8, 4) is 0 Å². The van der Waals surface area contributed by atoms with Crippen LogP contribution < -0.4 is 21.3 Å². The van der Waals surface area contributed by atoms with E-state index in [2.05, 4.69) is 49.0 Å². The molecule has 0 spiro atoms. The molecule has 14 nitrogen and oxygen atoms in total. The van der Waals surface area contributed by atoms with Crippen LogP contribution in [0.4, 0.5) is 0 Å². The van der Waals surface area contributed by atoms with Crippen LogP contribution in [-0.2, 0) is 24.6 Å². The fourth-order valence-corrected chi connectivity index (χ4v) is 9.60. The van der Waals surface area contributed by atoms with Crippen molar-refractivity contribution in [2.75, 3.05) is 0 Å². The fourth-order valence-electron chi connectivity index (χ4n) is 7.51. The zero-order valence-electron chi connectivity index (χ0n) is 35.7. The van der Waals surface area contributed by atoms with Crippen LogP contribution in [0.3, 0.4) is 0 Å².